The van der Waals surface area contributed by atoms with Crippen molar-refractivity contribution in [2.75, 3.05) is 11.9 Å². The van der Waals surface area contributed by atoms with Gasteiger partial charge in [-0.15, -0.1) is 0 Å². The van der Waals surface area contributed by atoms with Crippen molar-refractivity contribution in [2.45, 2.75) is 36.8 Å². The molecule has 1 amide bonds. The maximum Gasteiger partial charge on any atom is 0.375 e. The van der Waals surface area contributed by atoms with Gasteiger partial charge in [0.1, 0.15) is 0 Å². The minimum absolute atomic E-state index is 0.00713. The monoisotopic (exact) mass is 455 g/mol. The molecule has 0 saturated heterocycles. The van der Waals surface area contributed by atoms with Gasteiger partial charge in [-0.05, 0) is 41.3 Å². The van der Waals surface area contributed by atoms with Gasteiger partial charge in [0.2, 0.25) is 5.76 Å². The summed E-state index contributed by atoms with van der Waals surface area (Å²) in [6, 6.07) is 16.7. The molecule has 7 nitrogen and oxygen atoms in total. The minimum atomic E-state index is -3.67. The van der Waals surface area contributed by atoms with Crippen LogP contribution >= 0.6 is 0 Å². The fourth-order valence-electron chi connectivity index (χ4n) is 2.99. The second-order valence-electron chi connectivity index (χ2n) is 8.30. The lowest BCUT2D eigenvalue weighted by Gasteiger charge is -2.19. The molecular weight excluding hydrogens is 430 g/mol. The number of nitrogens with one attached hydrogen (secondary N) is 1. The van der Waals surface area contributed by atoms with Crippen LogP contribution in [0.5, 0.6) is 0 Å². The summed E-state index contributed by atoms with van der Waals surface area (Å²) in [5, 5.41) is 2.65. The third kappa shape index (κ3) is 5.85. The Labute approximate surface area is 187 Å². The van der Waals surface area contributed by atoms with Crippen LogP contribution in [0.25, 0.3) is 0 Å². The highest BCUT2D eigenvalue weighted by Gasteiger charge is 2.24. The highest BCUT2D eigenvalue weighted by Crippen LogP contribution is 2.24. The Morgan fingerprint density at radius 2 is 1.62 bits per heavy atom. The van der Waals surface area contributed by atoms with E-state index in [0.717, 1.165) is 5.56 Å². The molecule has 0 fully saturated rings. The predicted molar refractivity (Wildman–Crippen MR) is 120 cm³/mol. The van der Waals surface area contributed by atoms with E-state index in [1.54, 1.807) is 30.3 Å². The number of furan rings is 1. The molecule has 0 spiro atoms. The standard InChI is InChI=1S/C24H25NO6S/c1-24(2,3)18-9-11-19(12-10-18)25-21(26)15-31-23(27)22-17(13-14-30-22)16-32(28,29)20-7-5-4-6-8-20/h4-14H,15-16H2,1-3H3,(H,25,26). The fourth-order valence-corrected chi connectivity index (χ4v) is 4.37. The molecule has 8 heteroatoms. The number of rotatable bonds is 7. The largest absolute Gasteiger partial charge is 0.457 e. The molecule has 0 atom stereocenters. The lowest BCUT2D eigenvalue weighted by atomic mass is 9.87. The summed E-state index contributed by atoms with van der Waals surface area (Å²) >= 11 is 0. The van der Waals surface area contributed by atoms with E-state index in [2.05, 4.69) is 26.1 Å². The topological polar surface area (TPSA) is 103 Å². The predicted octanol–water partition coefficient (Wildman–Crippen LogP) is 4.35. The molecule has 2 aromatic carbocycles. The highest BCUT2D eigenvalue weighted by molar-refractivity contribution is 7.90. The van der Waals surface area contributed by atoms with Crippen molar-refractivity contribution < 1.29 is 27.2 Å². The van der Waals surface area contributed by atoms with Crippen LogP contribution in [0.4, 0.5) is 5.69 Å². The molecule has 0 aliphatic carbocycles. The molecule has 3 aromatic rings. The van der Waals surface area contributed by atoms with Crippen molar-refractivity contribution in [1.82, 2.24) is 0 Å². The van der Waals surface area contributed by atoms with Gasteiger partial charge in [0.25, 0.3) is 5.91 Å². The Bertz CT molecular complexity index is 1190. The molecule has 0 saturated carbocycles. The summed E-state index contributed by atoms with van der Waals surface area (Å²) in [6.07, 6.45) is 1.21. The first-order valence-electron chi connectivity index (χ1n) is 9.98. The van der Waals surface area contributed by atoms with Crippen molar-refractivity contribution >= 4 is 27.4 Å². The first-order chi connectivity index (χ1) is 15.1. The number of carbonyl (C=O) groups is 2. The zero-order valence-electron chi connectivity index (χ0n) is 18.1. The van der Waals surface area contributed by atoms with Gasteiger partial charge < -0.3 is 14.5 Å². The van der Waals surface area contributed by atoms with Crippen molar-refractivity contribution in [3.8, 4) is 0 Å². The maximum absolute atomic E-state index is 12.6. The zero-order valence-corrected chi connectivity index (χ0v) is 18.9. The van der Waals surface area contributed by atoms with Crippen molar-refractivity contribution in [3.63, 3.8) is 0 Å². The molecular formula is C24H25NO6S. The fraction of sp³-hybridized carbons (Fsp3) is 0.250. The van der Waals surface area contributed by atoms with E-state index in [0.29, 0.717) is 5.69 Å². The molecule has 1 aromatic heterocycles. The van der Waals surface area contributed by atoms with Crippen LogP contribution in [-0.4, -0.2) is 26.9 Å². The summed E-state index contributed by atoms with van der Waals surface area (Å²) in [4.78, 5) is 24.7. The number of amides is 1. The first-order valence-corrected chi connectivity index (χ1v) is 11.6. The van der Waals surface area contributed by atoms with E-state index in [1.165, 1.54) is 24.5 Å². The van der Waals surface area contributed by atoms with E-state index < -0.39 is 34.1 Å². The van der Waals surface area contributed by atoms with E-state index in [1.807, 2.05) is 12.1 Å². The molecule has 0 bridgehead atoms. The normalized spacial score (nSPS) is 11.7. The lowest BCUT2D eigenvalue weighted by molar-refractivity contribution is -0.119. The second-order valence-corrected chi connectivity index (χ2v) is 10.3. The average Bonchev–Trinajstić information content (AvgIpc) is 3.20. The number of hydrogen-bond acceptors (Lipinski definition) is 6. The van der Waals surface area contributed by atoms with E-state index in [-0.39, 0.29) is 21.6 Å². The molecule has 0 unspecified atom stereocenters. The number of benzene rings is 2. The van der Waals surface area contributed by atoms with Crippen LogP contribution in [0.1, 0.15) is 42.5 Å². The number of esters is 1. The minimum Gasteiger partial charge on any atom is -0.457 e. The number of sulfone groups is 1. The Morgan fingerprint density at radius 3 is 2.25 bits per heavy atom. The quantitative estimate of drug-likeness (QED) is 0.532. The van der Waals surface area contributed by atoms with Crippen LogP contribution in [0.2, 0.25) is 0 Å². The number of hydrogen-bond donors (Lipinski definition) is 1. The molecule has 0 aliphatic rings. The van der Waals surface area contributed by atoms with Crippen LogP contribution < -0.4 is 5.32 Å². The van der Waals surface area contributed by atoms with Gasteiger partial charge in [0.05, 0.1) is 16.9 Å². The summed E-state index contributed by atoms with van der Waals surface area (Å²) < 4.78 is 35.3. The van der Waals surface area contributed by atoms with Gasteiger partial charge in [0, 0.05) is 11.3 Å². The number of anilines is 1. The Kier molecular flexibility index (Phi) is 6.84. The summed E-state index contributed by atoms with van der Waals surface area (Å²) in [5.74, 6) is -2.10. The van der Waals surface area contributed by atoms with Crippen molar-refractivity contribution in [2.24, 2.45) is 0 Å². The molecule has 3 rings (SSSR count). The first kappa shape index (κ1) is 23.3. The van der Waals surface area contributed by atoms with Gasteiger partial charge in [0.15, 0.2) is 16.4 Å². The molecule has 0 aliphatic heterocycles. The third-order valence-electron chi connectivity index (χ3n) is 4.75. The summed E-state index contributed by atoms with van der Waals surface area (Å²) in [5.41, 5.74) is 1.86. The van der Waals surface area contributed by atoms with Crippen LogP contribution in [-0.2, 0) is 30.5 Å². The van der Waals surface area contributed by atoms with Gasteiger partial charge in [-0.25, -0.2) is 13.2 Å². The Balaban J connectivity index is 1.59. The number of ether oxygens (including phenoxy) is 1. The van der Waals surface area contributed by atoms with Gasteiger partial charge in [-0.1, -0.05) is 51.1 Å². The van der Waals surface area contributed by atoms with Crippen molar-refractivity contribution in [3.05, 3.63) is 83.8 Å². The van der Waals surface area contributed by atoms with Crippen LogP contribution in [0.15, 0.2) is 76.2 Å². The van der Waals surface area contributed by atoms with Crippen LogP contribution in [0, 0.1) is 0 Å². The molecule has 168 valence electrons. The Hall–Kier alpha value is -3.39. The molecule has 0 radical (unpaired) electrons. The molecule has 32 heavy (non-hydrogen) atoms. The number of carbonyl (C=O) groups excluding carboxylic acids is 2. The second kappa shape index (κ2) is 9.40. The van der Waals surface area contributed by atoms with E-state index in [4.69, 9.17) is 9.15 Å². The zero-order chi connectivity index (χ0) is 23.4. The van der Waals surface area contributed by atoms with E-state index in [9.17, 15) is 18.0 Å². The van der Waals surface area contributed by atoms with Crippen molar-refractivity contribution in [1.29, 1.82) is 0 Å². The van der Waals surface area contributed by atoms with Gasteiger partial charge >= 0.3 is 5.97 Å². The average molecular weight is 456 g/mol. The van der Waals surface area contributed by atoms with E-state index >= 15 is 0 Å². The smallest absolute Gasteiger partial charge is 0.375 e. The SMILES string of the molecule is CC(C)(C)c1ccc(NC(=O)COC(=O)c2occc2CS(=O)(=O)c2ccccc2)cc1. The third-order valence-corrected chi connectivity index (χ3v) is 6.43. The van der Waals surface area contributed by atoms with Crippen LogP contribution in [0.3, 0.4) is 0 Å². The highest BCUT2D eigenvalue weighted by atomic mass is 32.2. The molecule has 1 heterocycles. The van der Waals surface area contributed by atoms with Gasteiger partial charge in [-0.3, -0.25) is 4.79 Å². The molecule has 1 N–H and O–H groups in total. The van der Waals surface area contributed by atoms with Gasteiger partial charge in [-0.2, -0.15) is 0 Å². The Morgan fingerprint density at radius 1 is 0.969 bits per heavy atom. The maximum atomic E-state index is 12.6. The summed E-state index contributed by atoms with van der Waals surface area (Å²) in [6.45, 7) is 5.74. The lowest BCUT2D eigenvalue weighted by Crippen LogP contribution is -2.21. The summed E-state index contributed by atoms with van der Waals surface area (Å²) in [7, 11) is -3.67.